The van der Waals surface area contributed by atoms with E-state index < -0.39 is 39.8 Å². The average molecular weight is 465 g/mol. The maximum Gasteiger partial charge on any atom is 0.243 e. The largest absolute Gasteiger partial charge is 0.320 e. The second-order valence-corrected chi connectivity index (χ2v) is 9.23. The monoisotopic (exact) mass is 464 g/mol. The molecule has 3 rings (SSSR count). The second-order valence-electron chi connectivity index (χ2n) is 6.86. The number of amides is 1. The average Bonchev–Trinajstić information content (AvgIpc) is 2.72. The van der Waals surface area contributed by atoms with Crippen molar-refractivity contribution in [1.29, 1.82) is 0 Å². The molecule has 0 unspecified atom stereocenters. The van der Waals surface area contributed by atoms with E-state index in [-0.39, 0.29) is 11.4 Å². The van der Waals surface area contributed by atoms with Crippen molar-refractivity contribution in [2.24, 2.45) is 0 Å². The molecular weight excluding hydrogens is 446 g/mol. The minimum Gasteiger partial charge on any atom is -0.320 e. The number of anilines is 1. The van der Waals surface area contributed by atoms with Gasteiger partial charge in [0.25, 0.3) is 0 Å². The molecule has 162 valence electrons. The summed E-state index contributed by atoms with van der Waals surface area (Å²) in [5.74, 6) is -2.80. The zero-order valence-corrected chi connectivity index (χ0v) is 18.1. The number of nitrogens with zero attached hydrogens (tertiary/aromatic N) is 1. The number of hydrogen-bond donors (Lipinski definition) is 1. The Morgan fingerprint density at radius 2 is 1.55 bits per heavy atom. The topological polar surface area (TPSA) is 66.5 Å². The van der Waals surface area contributed by atoms with Crippen LogP contribution in [0.15, 0.2) is 71.6 Å². The van der Waals surface area contributed by atoms with Crippen molar-refractivity contribution in [3.05, 3.63) is 94.5 Å². The first-order valence-corrected chi connectivity index (χ1v) is 11.0. The van der Waals surface area contributed by atoms with E-state index in [4.69, 9.17) is 11.6 Å². The van der Waals surface area contributed by atoms with Crippen molar-refractivity contribution in [2.75, 3.05) is 11.9 Å². The molecule has 0 saturated carbocycles. The van der Waals surface area contributed by atoms with Gasteiger partial charge in [0.05, 0.1) is 11.4 Å². The third-order valence-corrected chi connectivity index (χ3v) is 6.54. The summed E-state index contributed by atoms with van der Waals surface area (Å²) >= 11 is 5.89. The molecule has 1 amide bonds. The normalized spacial score (nSPS) is 11.5. The zero-order chi connectivity index (χ0) is 22.6. The van der Waals surface area contributed by atoms with Crippen LogP contribution in [0.5, 0.6) is 0 Å². The van der Waals surface area contributed by atoms with Crippen molar-refractivity contribution in [2.45, 2.75) is 18.4 Å². The van der Waals surface area contributed by atoms with Crippen LogP contribution in [-0.2, 0) is 21.4 Å². The lowest BCUT2D eigenvalue weighted by molar-refractivity contribution is -0.116. The SMILES string of the molecule is Cc1ccc(S(=O)(=O)N(CC(=O)Nc2c(F)cccc2F)Cc2ccc(Cl)cc2)cc1. The minimum absolute atomic E-state index is 0.00284. The number of halogens is 3. The maximum atomic E-state index is 13.9. The van der Waals surface area contributed by atoms with Gasteiger partial charge in [0.2, 0.25) is 15.9 Å². The first kappa shape index (κ1) is 22.9. The third kappa shape index (κ3) is 5.66. The summed E-state index contributed by atoms with van der Waals surface area (Å²) in [5.41, 5.74) is 0.826. The predicted molar refractivity (Wildman–Crippen MR) is 115 cm³/mol. The number of carbonyl (C=O) groups excluding carboxylic acids is 1. The molecule has 1 N–H and O–H groups in total. The van der Waals surface area contributed by atoms with Crippen molar-refractivity contribution in [3.8, 4) is 0 Å². The molecule has 0 radical (unpaired) electrons. The van der Waals surface area contributed by atoms with E-state index in [0.29, 0.717) is 10.6 Å². The van der Waals surface area contributed by atoms with Crippen LogP contribution in [0.4, 0.5) is 14.5 Å². The lowest BCUT2D eigenvalue weighted by Crippen LogP contribution is -2.37. The van der Waals surface area contributed by atoms with Crippen LogP contribution in [0.25, 0.3) is 0 Å². The van der Waals surface area contributed by atoms with Gasteiger partial charge >= 0.3 is 0 Å². The van der Waals surface area contributed by atoms with Crippen LogP contribution >= 0.6 is 11.6 Å². The fourth-order valence-corrected chi connectivity index (χ4v) is 4.35. The van der Waals surface area contributed by atoms with E-state index >= 15 is 0 Å². The van der Waals surface area contributed by atoms with Crippen LogP contribution in [0.2, 0.25) is 5.02 Å². The van der Waals surface area contributed by atoms with Gasteiger partial charge in [-0.15, -0.1) is 0 Å². The molecule has 0 saturated heterocycles. The Morgan fingerprint density at radius 3 is 2.13 bits per heavy atom. The molecule has 0 bridgehead atoms. The van der Waals surface area contributed by atoms with Crippen LogP contribution in [0, 0.1) is 18.6 Å². The summed E-state index contributed by atoms with van der Waals surface area (Å²) < 4.78 is 55.1. The molecule has 0 fully saturated rings. The highest BCUT2D eigenvalue weighted by atomic mass is 35.5. The number of benzene rings is 3. The molecule has 3 aromatic carbocycles. The quantitative estimate of drug-likeness (QED) is 0.548. The highest BCUT2D eigenvalue weighted by molar-refractivity contribution is 7.89. The van der Waals surface area contributed by atoms with Gasteiger partial charge in [-0.25, -0.2) is 17.2 Å². The van der Waals surface area contributed by atoms with Crippen molar-refractivity contribution in [3.63, 3.8) is 0 Å². The second kappa shape index (κ2) is 9.55. The fraction of sp³-hybridized carbons (Fsp3) is 0.136. The highest BCUT2D eigenvalue weighted by Gasteiger charge is 2.27. The van der Waals surface area contributed by atoms with E-state index in [0.717, 1.165) is 28.1 Å². The Balaban J connectivity index is 1.90. The molecule has 31 heavy (non-hydrogen) atoms. The zero-order valence-electron chi connectivity index (χ0n) is 16.5. The number of carbonyl (C=O) groups is 1. The van der Waals surface area contributed by atoms with Crippen LogP contribution in [-0.4, -0.2) is 25.2 Å². The van der Waals surface area contributed by atoms with E-state index in [1.165, 1.54) is 12.1 Å². The first-order valence-electron chi connectivity index (χ1n) is 9.22. The number of rotatable bonds is 7. The minimum atomic E-state index is -4.08. The van der Waals surface area contributed by atoms with Gasteiger partial charge < -0.3 is 5.32 Å². The fourth-order valence-electron chi connectivity index (χ4n) is 2.83. The van der Waals surface area contributed by atoms with Crippen molar-refractivity contribution in [1.82, 2.24) is 4.31 Å². The summed E-state index contributed by atoms with van der Waals surface area (Å²) in [5, 5.41) is 2.60. The van der Waals surface area contributed by atoms with E-state index in [1.807, 2.05) is 6.92 Å². The Bertz CT molecular complexity index is 1160. The maximum absolute atomic E-state index is 13.9. The summed E-state index contributed by atoms with van der Waals surface area (Å²) in [6.07, 6.45) is 0. The number of para-hydroxylation sites is 1. The smallest absolute Gasteiger partial charge is 0.243 e. The van der Waals surface area contributed by atoms with Gasteiger partial charge in [-0.2, -0.15) is 4.31 Å². The lowest BCUT2D eigenvalue weighted by atomic mass is 10.2. The number of nitrogens with one attached hydrogen (secondary N) is 1. The molecule has 0 aliphatic rings. The first-order chi connectivity index (χ1) is 14.7. The molecule has 0 aromatic heterocycles. The molecule has 9 heteroatoms. The predicted octanol–water partition coefficient (Wildman–Crippen LogP) is 4.76. The molecule has 0 heterocycles. The van der Waals surface area contributed by atoms with Gasteiger partial charge in [0.1, 0.15) is 17.3 Å². The van der Waals surface area contributed by atoms with Crippen LogP contribution in [0.1, 0.15) is 11.1 Å². The van der Waals surface area contributed by atoms with Gasteiger partial charge in [0, 0.05) is 11.6 Å². The Morgan fingerprint density at radius 1 is 0.968 bits per heavy atom. The summed E-state index contributed by atoms with van der Waals surface area (Å²) in [6.45, 7) is 1.03. The molecule has 5 nitrogen and oxygen atoms in total. The lowest BCUT2D eigenvalue weighted by Gasteiger charge is -2.22. The Labute approximate surface area is 184 Å². The summed E-state index contributed by atoms with van der Waals surface area (Å²) in [4.78, 5) is 12.5. The molecule has 0 spiro atoms. The standard InChI is InChI=1S/C22H19ClF2N2O3S/c1-15-5-11-18(12-6-15)31(29,30)27(13-16-7-9-17(23)10-8-16)14-21(28)26-22-19(24)3-2-4-20(22)25/h2-12H,13-14H2,1H3,(H,26,28). The van der Waals surface area contributed by atoms with Crippen molar-refractivity contribution < 1.29 is 22.0 Å². The van der Waals surface area contributed by atoms with E-state index in [1.54, 1.807) is 36.4 Å². The third-order valence-electron chi connectivity index (χ3n) is 4.48. The van der Waals surface area contributed by atoms with E-state index in [9.17, 15) is 22.0 Å². The van der Waals surface area contributed by atoms with Gasteiger partial charge in [-0.1, -0.05) is 47.5 Å². The Hall–Kier alpha value is -2.81. The molecule has 0 aliphatic carbocycles. The summed E-state index contributed by atoms with van der Waals surface area (Å²) in [6, 6.07) is 15.8. The number of hydrogen-bond acceptors (Lipinski definition) is 3. The molecule has 0 atom stereocenters. The van der Waals surface area contributed by atoms with Gasteiger partial charge in [-0.3, -0.25) is 4.79 Å². The number of sulfonamides is 1. The van der Waals surface area contributed by atoms with Crippen LogP contribution in [0.3, 0.4) is 0 Å². The number of aryl methyl sites for hydroxylation is 1. The van der Waals surface area contributed by atoms with Gasteiger partial charge in [-0.05, 0) is 48.9 Å². The van der Waals surface area contributed by atoms with Gasteiger partial charge in [0.15, 0.2) is 0 Å². The summed E-state index contributed by atoms with van der Waals surface area (Å²) in [7, 11) is -4.08. The molecular formula is C22H19ClF2N2O3S. The van der Waals surface area contributed by atoms with Crippen molar-refractivity contribution >= 4 is 33.2 Å². The molecule has 0 aliphatic heterocycles. The van der Waals surface area contributed by atoms with Crippen LogP contribution < -0.4 is 5.32 Å². The highest BCUT2D eigenvalue weighted by Crippen LogP contribution is 2.22. The van der Waals surface area contributed by atoms with E-state index in [2.05, 4.69) is 5.32 Å². The molecule has 3 aromatic rings. The Kier molecular flexibility index (Phi) is 7.04.